The molecule has 0 radical (unpaired) electrons. The largest absolute Gasteiger partial charge is 0.480 e. The third-order valence-electron chi connectivity index (χ3n) is 3.52. The Balaban J connectivity index is 1.62. The molecule has 2 aliphatic rings. The molecule has 0 amide bonds. The minimum atomic E-state index is 0.455. The Kier molecular flexibility index (Phi) is 3.39. The van der Waals surface area contributed by atoms with Gasteiger partial charge < -0.3 is 10.1 Å². The fraction of sp³-hybridized carbons (Fsp3) is 0.667. The predicted octanol–water partition coefficient (Wildman–Crippen LogP) is 1.90. The van der Waals surface area contributed by atoms with Crippen LogP contribution in [0, 0.1) is 0 Å². The molecule has 6 heteroatoms. The highest BCUT2D eigenvalue weighted by Crippen LogP contribution is 2.30. The fourth-order valence-corrected chi connectivity index (χ4v) is 2.78. The van der Waals surface area contributed by atoms with Crippen molar-refractivity contribution in [1.82, 2.24) is 14.9 Å². The van der Waals surface area contributed by atoms with E-state index in [2.05, 4.69) is 36.1 Å². The number of likely N-dealkylation sites (tertiary alicyclic amines) is 1. The normalized spacial score (nSPS) is 24.2. The van der Waals surface area contributed by atoms with Gasteiger partial charge in [0, 0.05) is 25.2 Å². The average Bonchev–Trinajstić information content (AvgIpc) is 3.13. The number of rotatable bonds is 4. The van der Waals surface area contributed by atoms with Crippen LogP contribution in [0.3, 0.4) is 0 Å². The summed E-state index contributed by atoms with van der Waals surface area (Å²) >= 11 is 3.35. The minimum absolute atomic E-state index is 0.455. The number of halogens is 1. The highest BCUT2D eigenvalue weighted by Gasteiger charge is 2.34. The van der Waals surface area contributed by atoms with Crippen molar-refractivity contribution in [3.63, 3.8) is 0 Å². The first-order valence-electron chi connectivity index (χ1n) is 6.33. The van der Waals surface area contributed by atoms with Crippen LogP contribution in [-0.2, 0) is 0 Å². The average molecular weight is 313 g/mol. The van der Waals surface area contributed by atoms with Gasteiger partial charge in [-0.1, -0.05) is 0 Å². The quantitative estimate of drug-likeness (QED) is 0.920. The Bertz CT molecular complexity index is 438. The molecule has 1 N–H and O–H groups in total. The molecule has 1 aliphatic carbocycles. The lowest BCUT2D eigenvalue weighted by Gasteiger charge is -2.16. The van der Waals surface area contributed by atoms with Crippen LogP contribution in [0.15, 0.2) is 10.7 Å². The van der Waals surface area contributed by atoms with Gasteiger partial charge in [-0.25, -0.2) is 4.98 Å². The van der Waals surface area contributed by atoms with E-state index >= 15 is 0 Å². The van der Waals surface area contributed by atoms with Crippen LogP contribution in [0.1, 0.15) is 19.3 Å². The van der Waals surface area contributed by atoms with Gasteiger partial charge in [-0.3, -0.25) is 4.90 Å². The third-order valence-corrected chi connectivity index (χ3v) is 4.07. The standard InChI is InChI=1S/C12H17BrN4O/c1-18-11-10(13)6-14-12(16-11)15-8-4-5-17(7-8)9-2-3-9/h6,8-9H,2-5,7H2,1H3,(H,14,15,16). The van der Waals surface area contributed by atoms with Gasteiger partial charge in [0.25, 0.3) is 0 Å². The number of hydrogen-bond donors (Lipinski definition) is 1. The zero-order valence-electron chi connectivity index (χ0n) is 10.4. The lowest BCUT2D eigenvalue weighted by molar-refractivity contribution is 0.326. The number of ether oxygens (including phenoxy) is 1. The van der Waals surface area contributed by atoms with E-state index in [9.17, 15) is 0 Å². The van der Waals surface area contributed by atoms with Gasteiger partial charge in [-0.15, -0.1) is 0 Å². The van der Waals surface area contributed by atoms with Crippen LogP contribution < -0.4 is 10.1 Å². The van der Waals surface area contributed by atoms with E-state index in [4.69, 9.17) is 4.74 Å². The van der Waals surface area contributed by atoms with Gasteiger partial charge in [0.05, 0.1) is 17.8 Å². The Hall–Kier alpha value is -0.880. The number of nitrogens with one attached hydrogen (secondary N) is 1. The highest BCUT2D eigenvalue weighted by atomic mass is 79.9. The molecule has 3 rings (SSSR count). The zero-order valence-corrected chi connectivity index (χ0v) is 12.0. The summed E-state index contributed by atoms with van der Waals surface area (Å²) in [7, 11) is 1.61. The summed E-state index contributed by atoms with van der Waals surface area (Å²) in [5.41, 5.74) is 0. The smallest absolute Gasteiger partial charge is 0.232 e. The van der Waals surface area contributed by atoms with Gasteiger partial charge in [0.2, 0.25) is 11.8 Å². The van der Waals surface area contributed by atoms with Crippen LogP contribution in [0.2, 0.25) is 0 Å². The molecule has 1 aromatic rings. The number of methoxy groups -OCH3 is 1. The van der Waals surface area contributed by atoms with Gasteiger partial charge >= 0.3 is 0 Å². The van der Waals surface area contributed by atoms with Crippen molar-refractivity contribution >= 4 is 21.9 Å². The molecule has 0 aromatic carbocycles. The molecule has 0 spiro atoms. The molecule has 98 valence electrons. The predicted molar refractivity (Wildman–Crippen MR) is 72.9 cm³/mol. The van der Waals surface area contributed by atoms with Crippen molar-refractivity contribution in [3.05, 3.63) is 10.7 Å². The van der Waals surface area contributed by atoms with E-state index < -0.39 is 0 Å². The van der Waals surface area contributed by atoms with E-state index in [1.165, 1.54) is 19.4 Å². The number of nitrogens with zero attached hydrogens (tertiary/aromatic N) is 3. The Labute approximate surface area is 115 Å². The van der Waals surface area contributed by atoms with Crippen molar-refractivity contribution in [1.29, 1.82) is 0 Å². The summed E-state index contributed by atoms with van der Waals surface area (Å²) in [6.07, 6.45) is 5.63. The van der Waals surface area contributed by atoms with E-state index in [0.717, 1.165) is 23.5 Å². The molecule has 2 heterocycles. The summed E-state index contributed by atoms with van der Waals surface area (Å²) in [5, 5.41) is 3.39. The third kappa shape index (κ3) is 2.59. The first-order valence-corrected chi connectivity index (χ1v) is 7.12. The Morgan fingerprint density at radius 3 is 3.00 bits per heavy atom. The second kappa shape index (κ2) is 5.01. The first kappa shape index (κ1) is 12.2. The van der Waals surface area contributed by atoms with E-state index in [1.54, 1.807) is 13.3 Å². The lowest BCUT2D eigenvalue weighted by atomic mass is 10.3. The molecule has 1 saturated heterocycles. The molecule has 1 unspecified atom stereocenters. The van der Waals surface area contributed by atoms with E-state index in [-0.39, 0.29) is 0 Å². The highest BCUT2D eigenvalue weighted by molar-refractivity contribution is 9.10. The van der Waals surface area contributed by atoms with Gasteiger partial charge in [0.15, 0.2) is 0 Å². The van der Waals surface area contributed by atoms with Gasteiger partial charge in [-0.05, 0) is 35.2 Å². The van der Waals surface area contributed by atoms with E-state index in [0.29, 0.717) is 17.9 Å². The van der Waals surface area contributed by atoms with Crippen molar-refractivity contribution in [3.8, 4) is 5.88 Å². The number of aromatic nitrogens is 2. The minimum Gasteiger partial charge on any atom is -0.480 e. The Morgan fingerprint density at radius 2 is 2.28 bits per heavy atom. The molecule has 1 saturated carbocycles. The van der Waals surface area contributed by atoms with Gasteiger partial charge in [0.1, 0.15) is 0 Å². The van der Waals surface area contributed by atoms with Crippen molar-refractivity contribution in [2.75, 3.05) is 25.5 Å². The van der Waals surface area contributed by atoms with E-state index in [1.807, 2.05) is 0 Å². The number of hydrogen-bond acceptors (Lipinski definition) is 5. The topological polar surface area (TPSA) is 50.3 Å². The van der Waals surface area contributed by atoms with Crippen LogP contribution in [0.4, 0.5) is 5.95 Å². The van der Waals surface area contributed by atoms with Gasteiger partial charge in [-0.2, -0.15) is 4.98 Å². The summed E-state index contributed by atoms with van der Waals surface area (Å²) < 4.78 is 5.95. The van der Waals surface area contributed by atoms with Crippen LogP contribution in [0.5, 0.6) is 5.88 Å². The molecule has 2 fully saturated rings. The molecule has 18 heavy (non-hydrogen) atoms. The maximum absolute atomic E-state index is 5.17. The molecule has 1 atom stereocenters. The van der Waals surface area contributed by atoms with Crippen molar-refractivity contribution in [2.45, 2.75) is 31.3 Å². The monoisotopic (exact) mass is 312 g/mol. The second-order valence-corrected chi connectivity index (χ2v) is 5.76. The van der Waals surface area contributed by atoms with Crippen LogP contribution >= 0.6 is 15.9 Å². The fourth-order valence-electron chi connectivity index (χ4n) is 2.42. The lowest BCUT2D eigenvalue weighted by Crippen LogP contribution is -2.28. The molecular weight excluding hydrogens is 296 g/mol. The number of anilines is 1. The van der Waals surface area contributed by atoms with Crippen LogP contribution in [-0.4, -0.2) is 47.2 Å². The molecule has 5 nitrogen and oxygen atoms in total. The summed E-state index contributed by atoms with van der Waals surface area (Å²) in [6, 6.07) is 1.30. The van der Waals surface area contributed by atoms with Crippen molar-refractivity contribution in [2.24, 2.45) is 0 Å². The maximum Gasteiger partial charge on any atom is 0.232 e. The van der Waals surface area contributed by atoms with Crippen molar-refractivity contribution < 1.29 is 4.74 Å². The Morgan fingerprint density at radius 1 is 1.44 bits per heavy atom. The van der Waals surface area contributed by atoms with Crippen LogP contribution in [0.25, 0.3) is 0 Å². The maximum atomic E-state index is 5.17. The zero-order chi connectivity index (χ0) is 12.5. The SMILES string of the molecule is COc1nc(NC2CCN(C3CC3)C2)ncc1Br. The molecule has 1 aliphatic heterocycles. The second-order valence-electron chi connectivity index (χ2n) is 4.91. The molecular formula is C12H17BrN4O. The molecule has 1 aromatic heterocycles. The molecule has 0 bridgehead atoms. The summed E-state index contributed by atoms with van der Waals surface area (Å²) in [4.78, 5) is 11.2. The first-order chi connectivity index (χ1) is 8.76. The summed E-state index contributed by atoms with van der Waals surface area (Å²) in [6.45, 7) is 2.29. The summed E-state index contributed by atoms with van der Waals surface area (Å²) in [5.74, 6) is 1.22.